The van der Waals surface area contributed by atoms with Gasteiger partial charge in [0.2, 0.25) is 0 Å². The van der Waals surface area contributed by atoms with E-state index in [1.807, 2.05) is 47.8 Å². The Morgan fingerprint density at radius 2 is 1.96 bits per heavy atom. The van der Waals surface area contributed by atoms with E-state index in [0.717, 1.165) is 16.4 Å². The minimum atomic E-state index is 0.496. The molecule has 7 nitrogen and oxygen atoms in total. The second-order valence-corrected chi connectivity index (χ2v) is 6.36. The molecule has 0 aliphatic heterocycles. The smallest absolute Gasteiger partial charge is 0.277 e. The Labute approximate surface area is 139 Å². The lowest BCUT2D eigenvalue weighted by atomic mass is 10.3. The van der Waals surface area contributed by atoms with Crippen LogP contribution in [0.4, 0.5) is 0 Å². The number of tetrazole rings is 1. The first-order valence-electron chi connectivity index (χ1n) is 6.73. The number of para-hydroxylation sites is 1. The van der Waals surface area contributed by atoms with E-state index in [2.05, 4.69) is 25.7 Å². The van der Waals surface area contributed by atoms with E-state index >= 15 is 0 Å². The van der Waals surface area contributed by atoms with Crippen LogP contribution in [0.1, 0.15) is 5.82 Å². The number of rotatable bonds is 5. The summed E-state index contributed by atoms with van der Waals surface area (Å²) in [4.78, 5) is 0.957. The Bertz CT molecular complexity index is 887. The molecule has 1 aromatic carbocycles. The fourth-order valence-corrected chi connectivity index (χ4v) is 3.27. The number of hydrogen-bond donors (Lipinski definition) is 0. The maximum Gasteiger partial charge on any atom is 0.277 e. The molecule has 0 unspecified atom stereocenters. The Morgan fingerprint density at radius 3 is 2.78 bits per heavy atom. The Morgan fingerprint density at radius 1 is 1.04 bits per heavy atom. The number of nitrogens with zero attached hydrogens (tertiary/aromatic N) is 6. The summed E-state index contributed by atoms with van der Waals surface area (Å²) in [5, 5.41) is 22.4. The summed E-state index contributed by atoms with van der Waals surface area (Å²) in [6, 6.07) is 13.6. The second-order valence-electron chi connectivity index (χ2n) is 4.48. The minimum Gasteiger partial charge on any atom is -0.410 e. The van der Waals surface area contributed by atoms with E-state index in [-0.39, 0.29) is 0 Å². The number of hydrogen-bond acceptors (Lipinski definition) is 8. The molecule has 0 amide bonds. The third-order valence-electron chi connectivity index (χ3n) is 3.00. The van der Waals surface area contributed by atoms with Gasteiger partial charge in [-0.25, -0.2) is 0 Å². The van der Waals surface area contributed by atoms with Crippen molar-refractivity contribution in [2.75, 3.05) is 0 Å². The molecule has 3 heterocycles. The molecule has 0 aliphatic carbocycles. The number of thiophene rings is 1. The van der Waals surface area contributed by atoms with E-state index in [4.69, 9.17) is 4.42 Å². The second kappa shape index (κ2) is 6.31. The predicted octanol–water partition coefficient (Wildman–Crippen LogP) is 3.07. The molecule has 0 spiro atoms. The van der Waals surface area contributed by atoms with Crippen LogP contribution in [-0.4, -0.2) is 30.4 Å². The van der Waals surface area contributed by atoms with Gasteiger partial charge in [-0.3, -0.25) is 0 Å². The minimum absolute atomic E-state index is 0.496. The first kappa shape index (κ1) is 14.1. The summed E-state index contributed by atoms with van der Waals surface area (Å²) in [5.41, 5.74) is 0.915. The molecule has 0 bridgehead atoms. The van der Waals surface area contributed by atoms with Gasteiger partial charge in [0.1, 0.15) is 0 Å². The van der Waals surface area contributed by atoms with Gasteiger partial charge in [-0.05, 0) is 34.0 Å². The maximum atomic E-state index is 5.65. The summed E-state index contributed by atoms with van der Waals surface area (Å²) >= 11 is 2.97. The van der Waals surface area contributed by atoms with Crippen LogP contribution in [0.3, 0.4) is 0 Å². The lowest BCUT2D eigenvalue weighted by Gasteiger charge is -2.02. The maximum absolute atomic E-state index is 5.65. The predicted molar refractivity (Wildman–Crippen MR) is 86.3 cm³/mol. The molecule has 4 aromatic rings. The third-order valence-corrected chi connectivity index (χ3v) is 4.67. The molecule has 4 rings (SSSR count). The normalized spacial score (nSPS) is 11.0. The molecule has 0 fully saturated rings. The zero-order valence-corrected chi connectivity index (χ0v) is 13.4. The zero-order chi connectivity index (χ0) is 15.5. The van der Waals surface area contributed by atoms with Gasteiger partial charge in [-0.1, -0.05) is 36.0 Å². The molecular weight excluding hydrogens is 332 g/mol. The van der Waals surface area contributed by atoms with E-state index < -0.39 is 0 Å². The van der Waals surface area contributed by atoms with Gasteiger partial charge in [-0.2, -0.15) is 4.68 Å². The molecular formula is C14H10N6OS2. The van der Waals surface area contributed by atoms with Crippen molar-refractivity contribution in [2.24, 2.45) is 0 Å². The van der Waals surface area contributed by atoms with E-state index in [9.17, 15) is 0 Å². The molecule has 23 heavy (non-hydrogen) atoms. The molecule has 0 saturated carbocycles. The fraction of sp³-hybridized carbons (Fsp3) is 0.0714. The molecule has 0 radical (unpaired) electrons. The van der Waals surface area contributed by atoms with Gasteiger partial charge < -0.3 is 4.42 Å². The largest absolute Gasteiger partial charge is 0.410 e. The van der Waals surface area contributed by atoms with Crippen LogP contribution in [0.15, 0.2) is 57.5 Å². The first-order chi connectivity index (χ1) is 11.4. The highest BCUT2D eigenvalue weighted by Crippen LogP contribution is 2.27. The van der Waals surface area contributed by atoms with Crippen molar-refractivity contribution >= 4 is 23.1 Å². The molecule has 114 valence electrons. The molecule has 0 aliphatic rings. The van der Waals surface area contributed by atoms with Crippen molar-refractivity contribution < 1.29 is 4.42 Å². The van der Waals surface area contributed by atoms with Gasteiger partial charge in [0.05, 0.1) is 16.3 Å². The monoisotopic (exact) mass is 342 g/mol. The Balaban J connectivity index is 1.49. The van der Waals surface area contributed by atoms with Gasteiger partial charge in [0, 0.05) is 0 Å². The van der Waals surface area contributed by atoms with Crippen molar-refractivity contribution in [1.82, 2.24) is 30.4 Å². The van der Waals surface area contributed by atoms with Gasteiger partial charge >= 0.3 is 0 Å². The van der Waals surface area contributed by atoms with Crippen molar-refractivity contribution in [3.63, 3.8) is 0 Å². The summed E-state index contributed by atoms with van der Waals surface area (Å²) in [6.45, 7) is 0. The van der Waals surface area contributed by atoms with Crippen LogP contribution in [0.25, 0.3) is 16.5 Å². The van der Waals surface area contributed by atoms with E-state index in [0.29, 0.717) is 16.9 Å². The average molecular weight is 342 g/mol. The molecule has 3 aromatic heterocycles. The van der Waals surface area contributed by atoms with Crippen molar-refractivity contribution in [3.05, 3.63) is 53.7 Å². The molecule has 0 saturated heterocycles. The van der Waals surface area contributed by atoms with Crippen LogP contribution in [0.2, 0.25) is 0 Å². The SMILES string of the molecule is c1ccc(-n2nnnc2CSc2nnc(-c3cccs3)o2)cc1. The average Bonchev–Trinajstić information content (AvgIpc) is 3.33. The molecule has 9 heteroatoms. The van der Waals surface area contributed by atoms with Crippen LogP contribution in [-0.2, 0) is 5.75 Å². The molecule has 0 N–H and O–H groups in total. The number of aromatic nitrogens is 6. The van der Waals surface area contributed by atoms with Crippen LogP contribution >= 0.6 is 23.1 Å². The summed E-state index contributed by atoms with van der Waals surface area (Å²) in [7, 11) is 0. The quantitative estimate of drug-likeness (QED) is 0.515. The zero-order valence-electron chi connectivity index (χ0n) is 11.7. The summed E-state index contributed by atoms with van der Waals surface area (Å²) in [6.07, 6.45) is 0. The number of benzene rings is 1. The van der Waals surface area contributed by atoms with Crippen LogP contribution in [0.5, 0.6) is 0 Å². The van der Waals surface area contributed by atoms with E-state index in [1.165, 1.54) is 11.8 Å². The van der Waals surface area contributed by atoms with Crippen molar-refractivity contribution in [1.29, 1.82) is 0 Å². The Hall–Kier alpha value is -2.52. The summed E-state index contributed by atoms with van der Waals surface area (Å²) in [5.74, 6) is 1.79. The highest BCUT2D eigenvalue weighted by Gasteiger charge is 2.13. The van der Waals surface area contributed by atoms with Crippen LogP contribution in [0, 0.1) is 0 Å². The van der Waals surface area contributed by atoms with Crippen molar-refractivity contribution in [2.45, 2.75) is 11.0 Å². The molecule has 0 atom stereocenters. The number of thioether (sulfide) groups is 1. The lowest BCUT2D eigenvalue weighted by Crippen LogP contribution is -2.01. The topological polar surface area (TPSA) is 82.5 Å². The first-order valence-corrected chi connectivity index (χ1v) is 8.59. The highest BCUT2D eigenvalue weighted by molar-refractivity contribution is 7.98. The van der Waals surface area contributed by atoms with Crippen LogP contribution < -0.4 is 0 Å². The van der Waals surface area contributed by atoms with Crippen molar-refractivity contribution in [3.8, 4) is 16.5 Å². The standard InChI is InChI=1S/C14H10N6OS2/c1-2-5-10(6-3-1)20-12(15-18-19-20)9-23-14-17-16-13(21-14)11-7-4-8-22-11/h1-8H,9H2. The highest BCUT2D eigenvalue weighted by atomic mass is 32.2. The van der Waals surface area contributed by atoms with Gasteiger partial charge in [0.15, 0.2) is 5.82 Å². The van der Waals surface area contributed by atoms with E-state index in [1.54, 1.807) is 16.0 Å². The summed E-state index contributed by atoms with van der Waals surface area (Å²) < 4.78 is 7.34. The van der Waals surface area contributed by atoms with Gasteiger partial charge in [0.25, 0.3) is 11.1 Å². The lowest BCUT2D eigenvalue weighted by molar-refractivity contribution is 0.466. The fourth-order valence-electron chi connectivity index (χ4n) is 1.96. The van der Waals surface area contributed by atoms with Gasteiger partial charge in [-0.15, -0.1) is 26.6 Å². The Kier molecular flexibility index (Phi) is 3.86. The third kappa shape index (κ3) is 3.01.